The first-order valence-corrected chi connectivity index (χ1v) is 7.36. The highest BCUT2D eigenvalue weighted by molar-refractivity contribution is 9.10. The third-order valence-corrected chi connectivity index (χ3v) is 4.64. The maximum absolute atomic E-state index is 11.8. The number of piperidine rings is 1. The van der Waals surface area contributed by atoms with Crippen LogP contribution in [0.15, 0.2) is 22.7 Å². The molecule has 2 atom stereocenters. The van der Waals surface area contributed by atoms with Crippen LogP contribution >= 0.6 is 15.9 Å². The van der Waals surface area contributed by atoms with E-state index in [1.54, 1.807) is 0 Å². The van der Waals surface area contributed by atoms with Crippen molar-refractivity contribution in [2.45, 2.75) is 37.8 Å². The topological polar surface area (TPSA) is 41.1 Å². The van der Waals surface area contributed by atoms with Gasteiger partial charge in [-0.25, -0.2) is 0 Å². The Morgan fingerprint density at radius 3 is 3.00 bits per heavy atom. The first-order chi connectivity index (χ1) is 8.75. The lowest BCUT2D eigenvalue weighted by atomic mass is 10.0. The van der Waals surface area contributed by atoms with Gasteiger partial charge in [0.1, 0.15) is 0 Å². The predicted molar refractivity (Wildman–Crippen MR) is 74.4 cm³/mol. The molecule has 1 saturated heterocycles. The molecule has 2 unspecified atom stereocenters. The van der Waals surface area contributed by atoms with E-state index < -0.39 is 0 Å². The van der Waals surface area contributed by atoms with Crippen molar-refractivity contribution in [2.75, 3.05) is 6.54 Å². The summed E-state index contributed by atoms with van der Waals surface area (Å²) >= 11 is 3.60. The van der Waals surface area contributed by atoms with Crippen LogP contribution in [0.3, 0.4) is 0 Å². The number of amides is 1. The summed E-state index contributed by atoms with van der Waals surface area (Å²) in [6.07, 6.45) is 4.19. The van der Waals surface area contributed by atoms with Gasteiger partial charge in [0.2, 0.25) is 5.91 Å². The van der Waals surface area contributed by atoms with Gasteiger partial charge in [0.15, 0.2) is 0 Å². The Bertz CT molecular complexity index is 475. The molecular weight excluding hydrogens is 292 g/mol. The Labute approximate surface area is 115 Å². The molecule has 3 nitrogen and oxygen atoms in total. The Balaban J connectivity index is 1.76. The average Bonchev–Trinajstić information content (AvgIpc) is 2.77. The molecule has 0 aromatic heterocycles. The van der Waals surface area contributed by atoms with E-state index in [0.29, 0.717) is 6.04 Å². The van der Waals surface area contributed by atoms with Crippen LogP contribution in [0.4, 0.5) is 0 Å². The number of hydrogen-bond donors (Lipinski definition) is 2. The van der Waals surface area contributed by atoms with Gasteiger partial charge in [-0.3, -0.25) is 10.1 Å². The fourth-order valence-electron chi connectivity index (χ4n) is 2.96. The summed E-state index contributed by atoms with van der Waals surface area (Å²) in [6, 6.07) is 6.64. The maximum Gasteiger partial charge on any atom is 0.237 e. The summed E-state index contributed by atoms with van der Waals surface area (Å²) < 4.78 is 1.19. The van der Waals surface area contributed by atoms with Crippen molar-refractivity contribution in [1.82, 2.24) is 10.6 Å². The van der Waals surface area contributed by atoms with Crippen LogP contribution in [0.1, 0.15) is 36.4 Å². The van der Waals surface area contributed by atoms with E-state index in [4.69, 9.17) is 0 Å². The van der Waals surface area contributed by atoms with E-state index in [1.165, 1.54) is 15.6 Å². The summed E-state index contributed by atoms with van der Waals surface area (Å²) in [6.45, 7) is 0.823. The zero-order valence-electron chi connectivity index (χ0n) is 10.2. The third-order valence-electron chi connectivity index (χ3n) is 3.90. The van der Waals surface area contributed by atoms with Gasteiger partial charge >= 0.3 is 0 Å². The van der Waals surface area contributed by atoms with E-state index >= 15 is 0 Å². The lowest BCUT2D eigenvalue weighted by molar-refractivity contribution is -0.124. The Kier molecular flexibility index (Phi) is 3.39. The third kappa shape index (κ3) is 2.19. The highest BCUT2D eigenvalue weighted by atomic mass is 79.9. The summed E-state index contributed by atoms with van der Waals surface area (Å²) in [4.78, 5) is 11.8. The number of carbonyl (C=O) groups excluding carboxylic acids is 1. The Morgan fingerprint density at radius 1 is 1.28 bits per heavy atom. The molecule has 0 bridgehead atoms. The summed E-state index contributed by atoms with van der Waals surface area (Å²) in [7, 11) is 0. The first-order valence-electron chi connectivity index (χ1n) is 6.57. The quantitative estimate of drug-likeness (QED) is 0.880. The van der Waals surface area contributed by atoms with Crippen LogP contribution in [-0.4, -0.2) is 18.5 Å². The number of rotatable bonds is 2. The Hall–Kier alpha value is -0.870. The molecular formula is C14H17BrN2O. The normalized spacial score (nSPS) is 26.8. The van der Waals surface area contributed by atoms with Gasteiger partial charge < -0.3 is 5.32 Å². The molecule has 1 aromatic carbocycles. The molecule has 18 heavy (non-hydrogen) atoms. The zero-order chi connectivity index (χ0) is 12.5. The lowest BCUT2D eigenvalue weighted by Gasteiger charge is -2.26. The molecule has 1 fully saturated rings. The monoisotopic (exact) mass is 308 g/mol. The zero-order valence-corrected chi connectivity index (χ0v) is 11.8. The number of halogens is 1. The number of fused-ring (bicyclic) bond motifs is 1. The lowest BCUT2D eigenvalue weighted by Crippen LogP contribution is -2.49. The van der Waals surface area contributed by atoms with Gasteiger partial charge in [0, 0.05) is 17.1 Å². The van der Waals surface area contributed by atoms with E-state index in [2.05, 4.69) is 44.8 Å². The first kappa shape index (κ1) is 12.2. The fraction of sp³-hybridized carbons (Fsp3) is 0.500. The van der Waals surface area contributed by atoms with Crippen molar-refractivity contribution >= 4 is 21.8 Å². The molecule has 4 heteroatoms. The van der Waals surface area contributed by atoms with Gasteiger partial charge in [0.05, 0.1) is 6.04 Å². The second-order valence-corrected chi connectivity index (χ2v) is 5.91. The van der Waals surface area contributed by atoms with Crippen LogP contribution in [0.25, 0.3) is 0 Å². The molecule has 2 aliphatic rings. The minimum absolute atomic E-state index is 0.0197. The molecule has 1 heterocycles. The molecule has 0 spiro atoms. The number of carbonyl (C=O) groups is 1. The molecule has 2 N–H and O–H groups in total. The highest BCUT2D eigenvalue weighted by Gasteiger charge is 2.29. The SMILES string of the molecule is O=C1NCCCC1NC1CCc2c(Br)cccc21. The maximum atomic E-state index is 11.8. The second-order valence-electron chi connectivity index (χ2n) is 5.05. The predicted octanol–water partition coefficient (Wildman–Crippen LogP) is 2.30. The number of nitrogens with one attached hydrogen (secondary N) is 2. The van der Waals surface area contributed by atoms with Crippen molar-refractivity contribution in [3.05, 3.63) is 33.8 Å². The Morgan fingerprint density at radius 2 is 2.17 bits per heavy atom. The molecule has 0 saturated carbocycles. The van der Waals surface area contributed by atoms with Crippen molar-refractivity contribution in [1.29, 1.82) is 0 Å². The minimum atomic E-state index is -0.0197. The van der Waals surface area contributed by atoms with Crippen LogP contribution in [0.2, 0.25) is 0 Å². The largest absolute Gasteiger partial charge is 0.355 e. The van der Waals surface area contributed by atoms with Gasteiger partial charge in [-0.05, 0) is 42.9 Å². The molecule has 1 aliphatic heterocycles. The van der Waals surface area contributed by atoms with E-state index in [-0.39, 0.29) is 11.9 Å². The molecule has 1 amide bonds. The van der Waals surface area contributed by atoms with Crippen LogP contribution < -0.4 is 10.6 Å². The van der Waals surface area contributed by atoms with Gasteiger partial charge in [0.25, 0.3) is 0 Å². The average molecular weight is 309 g/mol. The van der Waals surface area contributed by atoms with E-state index in [9.17, 15) is 4.79 Å². The molecule has 96 valence electrons. The standard InChI is InChI=1S/C14H17BrN2O/c15-11-4-1-3-10-9(11)6-7-12(10)17-13-5-2-8-16-14(13)18/h1,3-4,12-13,17H,2,5-8H2,(H,16,18). The van der Waals surface area contributed by atoms with Gasteiger partial charge in [-0.1, -0.05) is 28.1 Å². The van der Waals surface area contributed by atoms with Crippen LogP contribution in [0, 0.1) is 0 Å². The van der Waals surface area contributed by atoms with Gasteiger partial charge in [-0.15, -0.1) is 0 Å². The molecule has 0 radical (unpaired) electrons. The molecule has 1 aromatic rings. The highest BCUT2D eigenvalue weighted by Crippen LogP contribution is 2.36. The van der Waals surface area contributed by atoms with Crippen molar-refractivity contribution in [3.63, 3.8) is 0 Å². The van der Waals surface area contributed by atoms with E-state index in [1.807, 2.05) is 0 Å². The smallest absolute Gasteiger partial charge is 0.237 e. The fourth-order valence-corrected chi connectivity index (χ4v) is 3.54. The molecule has 1 aliphatic carbocycles. The van der Waals surface area contributed by atoms with Crippen molar-refractivity contribution in [2.24, 2.45) is 0 Å². The second kappa shape index (κ2) is 5.02. The van der Waals surface area contributed by atoms with Crippen LogP contribution in [-0.2, 0) is 11.2 Å². The minimum Gasteiger partial charge on any atom is -0.355 e. The number of hydrogen-bond acceptors (Lipinski definition) is 2. The van der Waals surface area contributed by atoms with E-state index in [0.717, 1.165) is 32.2 Å². The summed E-state index contributed by atoms with van der Waals surface area (Å²) in [5.74, 6) is 0.157. The molecule has 3 rings (SSSR count). The van der Waals surface area contributed by atoms with Crippen molar-refractivity contribution in [3.8, 4) is 0 Å². The summed E-state index contributed by atoms with van der Waals surface area (Å²) in [5, 5.41) is 6.45. The van der Waals surface area contributed by atoms with Crippen molar-refractivity contribution < 1.29 is 4.79 Å². The van der Waals surface area contributed by atoms with Gasteiger partial charge in [-0.2, -0.15) is 0 Å². The summed E-state index contributed by atoms with van der Waals surface area (Å²) in [5.41, 5.74) is 2.74. The van der Waals surface area contributed by atoms with Crippen LogP contribution in [0.5, 0.6) is 0 Å². The number of benzene rings is 1.